The molecular weight excluding hydrogens is 302 g/mol. The smallest absolute Gasteiger partial charge is 0.129 e. The van der Waals surface area contributed by atoms with Gasteiger partial charge in [-0.15, -0.1) is 0 Å². The van der Waals surface area contributed by atoms with Crippen LogP contribution in [0.2, 0.25) is 0 Å². The normalized spacial score (nSPS) is 10.5. The fraction of sp³-hybridized carbons (Fsp3) is 0.267. The molecule has 2 aromatic rings. The molecule has 0 aliphatic heterocycles. The van der Waals surface area contributed by atoms with Crippen molar-refractivity contribution in [1.82, 2.24) is 4.98 Å². The number of nitrogens with two attached hydrogens (primary N) is 1. The van der Waals surface area contributed by atoms with Crippen molar-refractivity contribution >= 4 is 21.7 Å². The van der Waals surface area contributed by atoms with Gasteiger partial charge in [0.2, 0.25) is 0 Å². The monoisotopic (exact) mass is 319 g/mol. The molecule has 0 saturated carbocycles. The molecule has 4 heteroatoms. The molecule has 0 radical (unpaired) electrons. The molecule has 0 amide bonds. The highest BCUT2D eigenvalue weighted by atomic mass is 79.9. The molecule has 2 rings (SSSR count). The molecule has 1 aromatic carbocycles. The highest BCUT2D eigenvalue weighted by molar-refractivity contribution is 9.10. The summed E-state index contributed by atoms with van der Waals surface area (Å²) in [7, 11) is 0. The summed E-state index contributed by atoms with van der Waals surface area (Å²) >= 11 is 3.48. The molecule has 0 unspecified atom stereocenters. The summed E-state index contributed by atoms with van der Waals surface area (Å²) in [5.41, 5.74) is 7.97. The third kappa shape index (κ3) is 3.78. The predicted molar refractivity (Wildman–Crippen MR) is 83.2 cm³/mol. The number of halogens is 1. The van der Waals surface area contributed by atoms with Gasteiger partial charge in [-0.25, -0.2) is 4.98 Å². The van der Waals surface area contributed by atoms with Crippen LogP contribution in [0, 0.1) is 6.92 Å². The summed E-state index contributed by atoms with van der Waals surface area (Å²) in [6, 6.07) is 14.4. The van der Waals surface area contributed by atoms with E-state index in [4.69, 9.17) is 5.73 Å². The molecular formula is C15H18BrN3. The summed E-state index contributed by atoms with van der Waals surface area (Å²) < 4.78 is 1.03. The lowest BCUT2D eigenvalue weighted by Crippen LogP contribution is -2.29. The van der Waals surface area contributed by atoms with E-state index in [9.17, 15) is 0 Å². The standard InChI is InChI=1S/C15H18BrN3/c1-12-14(16)7-8-15(18-12)19(10-9-17)11-13-5-3-2-4-6-13/h2-8H,9-11,17H2,1H3. The van der Waals surface area contributed by atoms with Gasteiger partial charge in [-0.2, -0.15) is 0 Å². The average molecular weight is 320 g/mol. The van der Waals surface area contributed by atoms with Crippen molar-refractivity contribution < 1.29 is 0 Å². The first kappa shape index (κ1) is 14.0. The van der Waals surface area contributed by atoms with E-state index in [1.54, 1.807) is 0 Å². The predicted octanol–water partition coefficient (Wildman–Crippen LogP) is 3.12. The summed E-state index contributed by atoms with van der Waals surface area (Å²) in [5, 5.41) is 0. The van der Waals surface area contributed by atoms with E-state index >= 15 is 0 Å². The van der Waals surface area contributed by atoms with E-state index in [0.717, 1.165) is 29.1 Å². The number of hydrogen-bond donors (Lipinski definition) is 1. The van der Waals surface area contributed by atoms with E-state index in [0.29, 0.717) is 6.54 Å². The topological polar surface area (TPSA) is 42.2 Å². The molecule has 0 spiro atoms. The first-order chi connectivity index (χ1) is 9.20. The van der Waals surface area contributed by atoms with Crippen molar-refractivity contribution in [2.45, 2.75) is 13.5 Å². The van der Waals surface area contributed by atoms with Gasteiger partial charge in [0.1, 0.15) is 5.82 Å². The number of pyridine rings is 1. The van der Waals surface area contributed by atoms with Gasteiger partial charge in [0.05, 0.1) is 5.69 Å². The molecule has 0 aliphatic rings. The number of rotatable bonds is 5. The molecule has 0 atom stereocenters. The molecule has 0 aliphatic carbocycles. The lowest BCUT2D eigenvalue weighted by atomic mass is 10.2. The van der Waals surface area contributed by atoms with Crippen LogP contribution in [0.1, 0.15) is 11.3 Å². The van der Waals surface area contributed by atoms with Gasteiger partial charge in [-0.3, -0.25) is 0 Å². The molecule has 1 heterocycles. The highest BCUT2D eigenvalue weighted by Crippen LogP contribution is 2.20. The minimum atomic E-state index is 0.615. The summed E-state index contributed by atoms with van der Waals surface area (Å²) in [6.45, 7) is 4.23. The van der Waals surface area contributed by atoms with Gasteiger partial charge < -0.3 is 10.6 Å². The molecule has 100 valence electrons. The molecule has 2 N–H and O–H groups in total. The van der Waals surface area contributed by atoms with Crippen molar-refractivity contribution in [2.75, 3.05) is 18.0 Å². The Labute approximate surface area is 122 Å². The van der Waals surface area contributed by atoms with Crippen LogP contribution in [0.5, 0.6) is 0 Å². The van der Waals surface area contributed by atoms with Crippen LogP contribution in [-0.2, 0) is 6.54 Å². The maximum Gasteiger partial charge on any atom is 0.129 e. The molecule has 1 aromatic heterocycles. The lowest BCUT2D eigenvalue weighted by molar-refractivity contribution is 0.773. The van der Waals surface area contributed by atoms with Gasteiger partial charge in [0, 0.05) is 24.1 Å². The minimum absolute atomic E-state index is 0.615. The van der Waals surface area contributed by atoms with E-state index in [1.165, 1.54) is 5.56 Å². The Bertz CT molecular complexity index is 528. The maximum absolute atomic E-state index is 5.71. The van der Waals surface area contributed by atoms with E-state index in [1.807, 2.05) is 25.1 Å². The second-order valence-electron chi connectivity index (χ2n) is 4.43. The Balaban J connectivity index is 2.21. The van der Waals surface area contributed by atoms with Gasteiger partial charge in [0.15, 0.2) is 0 Å². The molecule has 0 saturated heterocycles. The van der Waals surface area contributed by atoms with Crippen molar-refractivity contribution in [3.8, 4) is 0 Å². The van der Waals surface area contributed by atoms with Crippen LogP contribution in [0.25, 0.3) is 0 Å². The molecule has 0 bridgehead atoms. The average Bonchev–Trinajstić information content (AvgIpc) is 2.43. The van der Waals surface area contributed by atoms with Gasteiger partial charge in [-0.1, -0.05) is 30.3 Å². The number of benzene rings is 1. The largest absolute Gasteiger partial charge is 0.351 e. The molecule has 19 heavy (non-hydrogen) atoms. The Morgan fingerprint density at radius 2 is 1.89 bits per heavy atom. The number of anilines is 1. The fourth-order valence-electron chi connectivity index (χ4n) is 1.94. The van der Waals surface area contributed by atoms with E-state index in [2.05, 4.69) is 50.1 Å². The number of aromatic nitrogens is 1. The summed E-state index contributed by atoms with van der Waals surface area (Å²) in [4.78, 5) is 6.81. The number of hydrogen-bond acceptors (Lipinski definition) is 3. The van der Waals surface area contributed by atoms with Crippen LogP contribution >= 0.6 is 15.9 Å². The van der Waals surface area contributed by atoms with E-state index in [-0.39, 0.29) is 0 Å². The van der Waals surface area contributed by atoms with Crippen molar-refractivity contribution in [1.29, 1.82) is 0 Å². The molecule has 0 fully saturated rings. The lowest BCUT2D eigenvalue weighted by Gasteiger charge is -2.23. The Kier molecular flexibility index (Phi) is 4.93. The third-order valence-corrected chi connectivity index (χ3v) is 3.78. The maximum atomic E-state index is 5.71. The zero-order valence-electron chi connectivity index (χ0n) is 11.0. The summed E-state index contributed by atoms with van der Waals surface area (Å²) in [6.07, 6.45) is 0. The fourth-order valence-corrected chi connectivity index (χ4v) is 2.16. The second-order valence-corrected chi connectivity index (χ2v) is 5.29. The summed E-state index contributed by atoms with van der Waals surface area (Å²) in [5.74, 6) is 0.968. The van der Waals surface area contributed by atoms with E-state index < -0.39 is 0 Å². The van der Waals surface area contributed by atoms with Gasteiger partial charge in [-0.05, 0) is 40.5 Å². The van der Waals surface area contributed by atoms with Crippen molar-refractivity contribution in [3.63, 3.8) is 0 Å². The van der Waals surface area contributed by atoms with Crippen molar-refractivity contribution in [3.05, 3.63) is 58.2 Å². The van der Waals surface area contributed by atoms with Crippen LogP contribution in [0.4, 0.5) is 5.82 Å². The van der Waals surface area contributed by atoms with Gasteiger partial charge >= 0.3 is 0 Å². The Hall–Kier alpha value is -1.39. The number of aryl methyl sites for hydroxylation is 1. The number of nitrogens with zero attached hydrogens (tertiary/aromatic N) is 2. The minimum Gasteiger partial charge on any atom is -0.351 e. The first-order valence-corrected chi connectivity index (χ1v) is 7.12. The highest BCUT2D eigenvalue weighted by Gasteiger charge is 2.09. The quantitative estimate of drug-likeness (QED) is 0.920. The van der Waals surface area contributed by atoms with Crippen LogP contribution in [-0.4, -0.2) is 18.1 Å². The zero-order valence-corrected chi connectivity index (χ0v) is 12.6. The van der Waals surface area contributed by atoms with Crippen LogP contribution in [0.15, 0.2) is 46.9 Å². The van der Waals surface area contributed by atoms with Crippen LogP contribution < -0.4 is 10.6 Å². The zero-order chi connectivity index (χ0) is 13.7. The van der Waals surface area contributed by atoms with Gasteiger partial charge in [0.25, 0.3) is 0 Å². The SMILES string of the molecule is Cc1nc(N(CCN)Cc2ccccc2)ccc1Br. The second kappa shape index (κ2) is 6.68. The van der Waals surface area contributed by atoms with Crippen LogP contribution in [0.3, 0.4) is 0 Å². The first-order valence-electron chi connectivity index (χ1n) is 6.33. The molecule has 3 nitrogen and oxygen atoms in total. The Morgan fingerprint density at radius 1 is 1.16 bits per heavy atom. The Morgan fingerprint density at radius 3 is 2.53 bits per heavy atom. The van der Waals surface area contributed by atoms with Crippen molar-refractivity contribution in [2.24, 2.45) is 5.73 Å². The third-order valence-electron chi connectivity index (χ3n) is 2.95.